The molecule has 1 aromatic heterocycles. The van der Waals surface area contributed by atoms with Crippen molar-refractivity contribution in [2.75, 3.05) is 32.9 Å². The number of fused-ring (bicyclic) bond motifs is 2. The van der Waals surface area contributed by atoms with Crippen molar-refractivity contribution in [2.24, 2.45) is 7.05 Å². The average Bonchev–Trinajstić information content (AvgIpc) is 2.89. The number of hydrogen-bond donors (Lipinski definition) is 2. The van der Waals surface area contributed by atoms with E-state index in [4.69, 9.17) is 14.6 Å². The van der Waals surface area contributed by atoms with Crippen molar-refractivity contribution in [3.05, 3.63) is 62.8 Å². The highest BCUT2D eigenvalue weighted by atomic mass is 19.1. The van der Waals surface area contributed by atoms with Crippen LogP contribution in [0.25, 0.3) is 21.9 Å². The van der Waals surface area contributed by atoms with Crippen molar-refractivity contribution >= 4 is 16.7 Å². The van der Waals surface area contributed by atoms with Crippen LogP contribution in [0.1, 0.15) is 49.6 Å². The molecule has 0 aliphatic carbocycles. The number of aliphatic hydroxyl groups is 1. The highest BCUT2D eigenvalue weighted by molar-refractivity contribution is 5.99. The summed E-state index contributed by atoms with van der Waals surface area (Å²) < 4.78 is 27.6. The molecule has 0 unspecified atom stereocenters. The van der Waals surface area contributed by atoms with E-state index in [0.29, 0.717) is 60.4 Å². The van der Waals surface area contributed by atoms with E-state index in [9.17, 15) is 14.7 Å². The summed E-state index contributed by atoms with van der Waals surface area (Å²) in [4.78, 5) is 27.4. The quantitative estimate of drug-likeness (QED) is 0.487. The molecule has 1 saturated heterocycles. The van der Waals surface area contributed by atoms with E-state index in [0.717, 1.165) is 36.2 Å². The molecule has 0 amide bonds. The van der Waals surface area contributed by atoms with Gasteiger partial charge in [0.15, 0.2) is 11.6 Å². The Kier molecular flexibility index (Phi) is 8.97. The Hall–Kier alpha value is -3.27. The molecule has 0 bridgehead atoms. The van der Waals surface area contributed by atoms with E-state index >= 15 is 4.39 Å². The fraction of sp³-hybridized carbons (Fsp3) is 0.484. The molecule has 1 fully saturated rings. The molecule has 2 aromatic carbocycles. The first-order chi connectivity index (χ1) is 18.8. The van der Waals surface area contributed by atoms with E-state index in [2.05, 4.69) is 4.90 Å². The van der Waals surface area contributed by atoms with Gasteiger partial charge in [-0.3, -0.25) is 14.5 Å². The maximum Gasteiger partial charge on any atom is 0.309 e. The first-order valence-corrected chi connectivity index (χ1v) is 13.7. The minimum atomic E-state index is -1.05. The maximum atomic E-state index is 15.2. The summed E-state index contributed by atoms with van der Waals surface area (Å²) in [5, 5.41) is 19.3. The molecule has 5 rings (SSSR count). The molecule has 0 spiro atoms. The topological polar surface area (TPSA) is 101 Å². The fourth-order valence-corrected chi connectivity index (χ4v) is 5.30. The van der Waals surface area contributed by atoms with Crippen molar-refractivity contribution in [1.82, 2.24) is 9.47 Å². The molecule has 216 valence electrons. The normalized spacial score (nSPS) is 15.7. The van der Waals surface area contributed by atoms with Gasteiger partial charge >= 0.3 is 5.97 Å². The average molecular weight is 555 g/mol. The van der Waals surface area contributed by atoms with Crippen molar-refractivity contribution in [3.63, 3.8) is 0 Å². The Morgan fingerprint density at radius 1 is 1.10 bits per heavy atom. The SMILES string of the molecule is CC(C)(C)O.Cc1c(-c2c(CC(=O)O)n(C)c(=O)c3cc(CN4CCOCC4)ccc23)cc(F)c2c1CCCO2. The third-order valence-electron chi connectivity index (χ3n) is 7.12. The highest BCUT2D eigenvalue weighted by Gasteiger charge is 2.25. The summed E-state index contributed by atoms with van der Waals surface area (Å²) in [6.45, 7) is 11.3. The number of benzene rings is 2. The molecular weight excluding hydrogens is 515 g/mol. The van der Waals surface area contributed by atoms with Gasteiger partial charge in [0.2, 0.25) is 0 Å². The molecule has 2 aliphatic heterocycles. The van der Waals surface area contributed by atoms with Gasteiger partial charge in [0.1, 0.15) is 0 Å². The number of carbonyl (C=O) groups is 1. The fourth-order valence-electron chi connectivity index (χ4n) is 5.30. The number of hydrogen-bond acceptors (Lipinski definition) is 6. The summed E-state index contributed by atoms with van der Waals surface area (Å²) >= 11 is 0. The van der Waals surface area contributed by atoms with Crippen molar-refractivity contribution in [1.29, 1.82) is 0 Å². The zero-order valence-electron chi connectivity index (χ0n) is 24.0. The van der Waals surface area contributed by atoms with Gasteiger partial charge in [-0.2, -0.15) is 0 Å². The molecule has 0 saturated carbocycles. The van der Waals surface area contributed by atoms with Gasteiger partial charge in [0.25, 0.3) is 5.56 Å². The van der Waals surface area contributed by atoms with E-state index in [1.807, 2.05) is 25.1 Å². The molecule has 3 heterocycles. The van der Waals surface area contributed by atoms with E-state index < -0.39 is 17.4 Å². The summed E-state index contributed by atoms with van der Waals surface area (Å²) in [5.74, 6) is -1.24. The van der Waals surface area contributed by atoms with Gasteiger partial charge in [-0.15, -0.1) is 0 Å². The first-order valence-electron chi connectivity index (χ1n) is 13.7. The summed E-state index contributed by atoms with van der Waals surface area (Å²) in [5.41, 5.74) is 3.44. The number of aromatic nitrogens is 1. The van der Waals surface area contributed by atoms with Crippen LogP contribution in [-0.4, -0.2) is 64.2 Å². The number of ether oxygens (including phenoxy) is 2. The largest absolute Gasteiger partial charge is 0.490 e. The molecule has 2 aliphatic rings. The number of aliphatic carboxylic acids is 1. The van der Waals surface area contributed by atoms with Crippen LogP contribution in [0.2, 0.25) is 0 Å². The van der Waals surface area contributed by atoms with Crippen LogP contribution in [-0.2, 0) is 36.0 Å². The third-order valence-corrected chi connectivity index (χ3v) is 7.12. The van der Waals surface area contributed by atoms with E-state index in [1.165, 1.54) is 10.6 Å². The number of carboxylic acids is 1. The van der Waals surface area contributed by atoms with Crippen LogP contribution < -0.4 is 10.3 Å². The number of morpholine rings is 1. The van der Waals surface area contributed by atoms with Crippen LogP contribution in [0.15, 0.2) is 29.1 Å². The van der Waals surface area contributed by atoms with Crippen molar-refractivity contribution < 1.29 is 28.9 Å². The minimum absolute atomic E-state index is 0.261. The zero-order chi connectivity index (χ0) is 29.2. The monoisotopic (exact) mass is 554 g/mol. The van der Waals surface area contributed by atoms with Gasteiger partial charge in [-0.05, 0) is 74.7 Å². The molecule has 0 radical (unpaired) electrons. The molecule has 40 heavy (non-hydrogen) atoms. The van der Waals surface area contributed by atoms with Crippen LogP contribution in [0.5, 0.6) is 5.75 Å². The van der Waals surface area contributed by atoms with Gasteiger partial charge < -0.3 is 24.3 Å². The lowest BCUT2D eigenvalue weighted by Gasteiger charge is -2.27. The molecule has 3 aromatic rings. The smallest absolute Gasteiger partial charge is 0.309 e. The molecule has 8 nitrogen and oxygen atoms in total. The van der Waals surface area contributed by atoms with Crippen molar-refractivity contribution in [2.45, 2.75) is 59.1 Å². The first kappa shape index (κ1) is 29.7. The van der Waals surface area contributed by atoms with Gasteiger partial charge in [-0.1, -0.05) is 12.1 Å². The number of nitrogens with zero attached hydrogens (tertiary/aromatic N) is 2. The second-order valence-corrected chi connectivity index (χ2v) is 11.5. The maximum absolute atomic E-state index is 15.2. The molecule has 2 N–H and O–H groups in total. The van der Waals surface area contributed by atoms with Gasteiger partial charge in [0, 0.05) is 48.9 Å². The number of pyridine rings is 1. The molecule has 9 heteroatoms. The number of carboxylic acid groups (broad SMARTS) is 1. The van der Waals surface area contributed by atoms with Gasteiger partial charge in [-0.25, -0.2) is 4.39 Å². The zero-order valence-corrected chi connectivity index (χ0v) is 24.0. The lowest BCUT2D eigenvalue weighted by Crippen LogP contribution is -2.35. The number of rotatable bonds is 5. The van der Waals surface area contributed by atoms with Crippen LogP contribution >= 0.6 is 0 Å². The summed E-state index contributed by atoms with van der Waals surface area (Å²) in [6.07, 6.45) is 1.13. The third kappa shape index (κ3) is 6.71. The van der Waals surface area contributed by atoms with E-state index in [-0.39, 0.29) is 17.7 Å². The second-order valence-electron chi connectivity index (χ2n) is 11.5. The number of halogens is 1. The predicted molar refractivity (Wildman–Crippen MR) is 153 cm³/mol. The van der Waals surface area contributed by atoms with Crippen LogP contribution in [0.4, 0.5) is 4.39 Å². The molecule has 0 atom stereocenters. The Balaban J connectivity index is 0.000000681. The van der Waals surface area contributed by atoms with Gasteiger partial charge in [0.05, 0.1) is 31.8 Å². The van der Waals surface area contributed by atoms with Crippen LogP contribution in [0, 0.1) is 12.7 Å². The lowest BCUT2D eigenvalue weighted by molar-refractivity contribution is -0.136. The predicted octanol–water partition coefficient (Wildman–Crippen LogP) is 4.21. The Labute approximate surface area is 233 Å². The highest BCUT2D eigenvalue weighted by Crippen LogP contribution is 2.40. The molecular formula is C31H39FN2O6. The Bertz CT molecular complexity index is 1460. The van der Waals surface area contributed by atoms with E-state index in [1.54, 1.807) is 27.8 Å². The van der Waals surface area contributed by atoms with Crippen LogP contribution in [0.3, 0.4) is 0 Å². The lowest BCUT2D eigenvalue weighted by atomic mass is 9.88. The second kappa shape index (κ2) is 12.1. The van der Waals surface area contributed by atoms with Crippen molar-refractivity contribution in [3.8, 4) is 16.9 Å². The minimum Gasteiger partial charge on any atom is -0.490 e. The Morgan fingerprint density at radius 3 is 2.42 bits per heavy atom. The Morgan fingerprint density at radius 2 is 1.77 bits per heavy atom. The summed E-state index contributed by atoms with van der Waals surface area (Å²) in [7, 11) is 1.59. The standard InChI is InChI=1S/C27H29FN2O5.C4H10O/c1-16-18-4-3-9-35-26(18)22(28)13-20(16)25-19-6-5-17(15-30-7-10-34-11-8-30)12-21(19)27(33)29(2)23(25)14-24(31)32;1-4(2,3)5/h5-6,12-13H,3-4,7-11,14-15H2,1-2H3,(H,31,32);5H,1-3H3. The summed E-state index contributed by atoms with van der Waals surface area (Å²) in [6, 6.07) is 7.15.